The fourth-order valence-corrected chi connectivity index (χ4v) is 3.07. The lowest BCUT2D eigenvalue weighted by molar-refractivity contribution is -0.128. The quantitative estimate of drug-likeness (QED) is 0.429. The van der Waals surface area contributed by atoms with E-state index in [1.54, 1.807) is 12.1 Å². The molecule has 0 spiro atoms. The number of aliphatic hydroxyl groups excluding tert-OH is 1. The molecule has 0 heterocycles. The lowest BCUT2D eigenvalue weighted by atomic mass is 9.94. The van der Waals surface area contributed by atoms with Crippen molar-refractivity contribution >= 4 is 5.97 Å². The molecular weight excluding hydrogens is 336 g/mol. The predicted molar refractivity (Wildman–Crippen MR) is 106 cm³/mol. The zero-order valence-electron chi connectivity index (χ0n) is 15.3. The molecule has 3 heteroatoms. The molecule has 0 atom stereocenters. The number of carbonyl (C=O) groups is 1. The van der Waals surface area contributed by atoms with E-state index in [9.17, 15) is 9.90 Å². The molecular formula is C24H20O3. The maximum absolute atomic E-state index is 11.9. The maximum Gasteiger partial charge on any atom is 0.390 e. The summed E-state index contributed by atoms with van der Waals surface area (Å²) in [5.41, 5.74) is 6.01. The second-order valence-corrected chi connectivity index (χ2v) is 6.29. The standard InChI is InChI=1S/C24H20O3/c1-17-14-20(16-25)15-18(2)24(17)21-9-11-22(12-10-21)27-23(26)13-8-19-6-4-3-5-7-19/h3-7,9-12,14-15,25H,16H2,1-2H3. The van der Waals surface area contributed by atoms with Gasteiger partial charge in [0.15, 0.2) is 0 Å². The number of aliphatic hydroxyl groups is 1. The van der Waals surface area contributed by atoms with Crippen molar-refractivity contribution in [3.63, 3.8) is 0 Å². The number of aryl methyl sites for hydroxylation is 2. The van der Waals surface area contributed by atoms with E-state index in [1.807, 2.05) is 68.4 Å². The molecule has 0 unspecified atom stereocenters. The van der Waals surface area contributed by atoms with Crippen LogP contribution in [0.2, 0.25) is 0 Å². The van der Waals surface area contributed by atoms with E-state index < -0.39 is 5.97 Å². The van der Waals surface area contributed by atoms with E-state index >= 15 is 0 Å². The van der Waals surface area contributed by atoms with Crippen LogP contribution in [0.15, 0.2) is 66.7 Å². The molecule has 3 nitrogen and oxygen atoms in total. The number of hydrogen-bond acceptors (Lipinski definition) is 3. The highest BCUT2D eigenvalue weighted by atomic mass is 16.5. The highest BCUT2D eigenvalue weighted by molar-refractivity contribution is 5.91. The van der Waals surface area contributed by atoms with Crippen LogP contribution in [0.25, 0.3) is 11.1 Å². The Morgan fingerprint density at radius 1 is 0.963 bits per heavy atom. The van der Waals surface area contributed by atoms with Crippen molar-refractivity contribution in [3.05, 3.63) is 89.0 Å². The molecule has 0 saturated heterocycles. The van der Waals surface area contributed by atoms with E-state index in [2.05, 4.69) is 11.8 Å². The molecule has 3 aromatic carbocycles. The van der Waals surface area contributed by atoms with Crippen molar-refractivity contribution in [3.8, 4) is 28.7 Å². The molecule has 0 radical (unpaired) electrons. The van der Waals surface area contributed by atoms with Gasteiger partial charge in [-0.25, -0.2) is 4.79 Å². The molecule has 0 aliphatic heterocycles. The Balaban J connectivity index is 1.75. The first-order chi connectivity index (χ1) is 13.1. The third-order valence-electron chi connectivity index (χ3n) is 4.21. The minimum Gasteiger partial charge on any atom is -0.417 e. The lowest BCUT2D eigenvalue weighted by Crippen LogP contribution is -2.04. The molecule has 0 aliphatic rings. The number of carbonyl (C=O) groups excluding carboxylic acids is 1. The molecule has 0 saturated carbocycles. The van der Waals surface area contributed by atoms with Crippen molar-refractivity contribution in [1.29, 1.82) is 0 Å². The van der Waals surface area contributed by atoms with E-state index in [-0.39, 0.29) is 6.61 Å². The van der Waals surface area contributed by atoms with Gasteiger partial charge in [0, 0.05) is 11.5 Å². The van der Waals surface area contributed by atoms with Gasteiger partial charge in [0.05, 0.1) is 6.61 Å². The van der Waals surface area contributed by atoms with Gasteiger partial charge in [0.2, 0.25) is 0 Å². The Kier molecular flexibility index (Phi) is 5.71. The smallest absolute Gasteiger partial charge is 0.390 e. The van der Waals surface area contributed by atoms with Gasteiger partial charge in [-0.3, -0.25) is 0 Å². The molecule has 0 bridgehead atoms. The van der Waals surface area contributed by atoms with Gasteiger partial charge in [-0.15, -0.1) is 0 Å². The molecule has 0 aromatic heterocycles. The van der Waals surface area contributed by atoms with Crippen LogP contribution in [0.1, 0.15) is 22.3 Å². The van der Waals surface area contributed by atoms with Crippen LogP contribution >= 0.6 is 0 Å². The van der Waals surface area contributed by atoms with Crippen LogP contribution in [-0.4, -0.2) is 11.1 Å². The van der Waals surface area contributed by atoms with Crippen LogP contribution in [0.3, 0.4) is 0 Å². The Bertz CT molecular complexity index is 984. The maximum atomic E-state index is 11.9. The topological polar surface area (TPSA) is 46.5 Å². The fourth-order valence-electron chi connectivity index (χ4n) is 3.07. The van der Waals surface area contributed by atoms with Crippen LogP contribution in [0.4, 0.5) is 0 Å². The van der Waals surface area contributed by atoms with Crippen LogP contribution in [0.5, 0.6) is 5.75 Å². The minimum atomic E-state index is -0.591. The highest BCUT2D eigenvalue weighted by Crippen LogP contribution is 2.30. The van der Waals surface area contributed by atoms with Crippen LogP contribution in [-0.2, 0) is 11.4 Å². The van der Waals surface area contributed by atoms with Crippen LogP contribution in [0, 0.1) is 25.7 Å². The Morgan fingerprint density at radius 3 is 2.19 bits per heavy atom. The first-order valence-corrected chi connectivity index (χ1v) is 8.67. The van der Waals surface area contributed by atoms with E-state index in [4.69, 9.17) is 4.74 Å². The molecule has 0 aliphatic carbocycles. The fraction of sp³-hybridized carbons (Fsp3) is 0.125. The Labute approximate surface area is 159 Å². The van der Waals surface area contributed by atoms with Gasteiger partial charge in [0.25, 0.3) is 0 Å². The average molecular weight is 356 g/mol. The number of hydrogen-bond donors (Lipinski definition) is 1. The SMILES string of the molecule is Cc1cc(CO)cc(C)c1-c1ccc(OC(=O)C#Cc2ccccc2)cc1. The molecule has 0 fully saturated rings. The normalized spacial score (nSPS) is 10.0. The largest absolute Gasteiger partial charge is 0.417 e. The van der Waals surface area contributed by atoms with Crippen molar-refractivity contribution in [2.24, 2.45) is 0 Å². The van der Waals surface area contributed by atoms with E-state index in [1.165, 1.54) is 0 Å². The predicted octanol–water partition coefficient (Wildman–Crippen LogP) is 4.42. The van der Waals surface area contributed by atoms with Gasteiger partial charge < -0.3 is 9.84 Å². The Morgan fingerprint density at radius 2 is 1.59 bits per heavy atom. The molecule has 134 valence electrons. The summed E-state index contributed by atoms with van der Waals surface area (Å²) < 4.78 is 5.28. The van der Waals surface area contributed by atoms with Gasteiger partial charge in [-0.2, -0.15) is 0 Å². The summed E-state index contributed by atoms with van der Waals surface area (Å²) in [5, 5.41) is 9.33. The van der Waals surface area contributed by atoms with Crippen molar-refractivity contribution in [2.45, 2.75) is 20.5 Å². The third kappa shape index (κ3) is 4.63. The lowest BCUT2D eigenvalue weighted by Gasteiger charge is -2.12. The number of esters is 1. The number of rotatable bonds is 3. The highest BCUT2D eigenvalue weighted by Gasteiger charge is 2.08. The number of ether oxygens (including phenoxy) is 1. The molecule has 0 amide bonds. The van der Waals surface area contributed by atoms with Crippen LogP contribution < -0.4 is 4.74 Å². The van der Waals surface area contributed by atoms with E-state index in [0.29, 0.717) is 5.75 Å². The second-order valence-electron chi connectivity index (χ2n) is 6.29. The molecule has 1 N–H and O–H groups in total. The first-order valence-electron chi connectivity index (χ1n) is 8.67. The molecule has 3 rings (SSSR count). The summed E-state index contributed by atoms with van der Waals surface area (Å²) in [6.07, 6.45) is 0. The number of benzene rings is 3. The van der Waals surface area contributed by atoms with Crippen molar-refractivity contribution in [1.82, 2.24) is 0 Å². The summed E-state index contributed by atoms with van der Waals surface area (Å²) in [7, 11) is 0. The first kappa shape index (κ1) is 18.4. The summed E-state index contributed by atoms with van der Waals surface area (Å²) >= 11 is 0. The second kappa shape index (κ2) is 8.35. The van der Waals surface area contributed by atoms with Gasteiger partial charge in [-0.1, -0.05) is 48.4 Å². The summed E-state index contributed by atoms with van der Waals surface area (Å²) in [4.78, 5) is 11.9. The van der Waals surface area contributed by atoms with Crippen molar-refractivity contribution in [2.75, 3.05) is 0 Å². The molecule has 27 heavy (non-hydrogen) atoms. The third-order valence-corrected chi connectivity index (χ3v) is 4.21. The zero-order valence-corrected chi connectivity index (χ0v) is 15.3. The Hall–Kier alpha value is -3.35. The van der Waals surface area contributed by atoms with E-state index in [0.717, 1.165) is 33.4 Å². The average Bonchev–Trinajstić information content (AvgIpc) is 2.68. The molecule has 3 aromatic rings. The summed E-state index contributed by atoms with van der Waals surface area (Å²) in [5.74, 6) is 5.13. The monoisotopic (exact) mass is 356 g/mol. The summed E-state index contributed by atoms with van der Waals surface area (Å²) in [6.45, 7) is 4.07. The van der Waals surface area contributed by atoms with Crippen molar-refractivity contribution < 1.29 is 14.6 Å². The summed E-state index contributed by atoms with van der Waals surface area (Å²) in [6, 6.07) is 20.6. The van der Waals surface area contributed by atoms with Gasteiger partial charge in [-0.05, 0) is 65.9 Å². The van der Waals surface area contributed by atoms with Gasteiger partial charge >= 0.3 is 5.97 Å². The minimum absolute atomic E-state index is 0.0286. The van der Waals surface area contributed by atoms with Gasteiger partial charge in [0.1, 0.15) is 5.75 Å². The zero-order chi connectivity index (χ0) is 19.2.